The molecule has 2 heterocycles. The quantitative estimate of drug-likeness (QED) is 0.868. The highest BCUT2D eigenvalue weighted by atomic mass is 16.5. The topological polar surface area (TPSA) is 47.0 Å². The molecule has 0 bridgehead atoms. The maximum Gasteiger partial charge on any atom is 0.157 e. The number of nitrogens with one attached hydrogen (secondary N) is 1. The Morgan fingerprint density at radius 3 is 2.94 bits per heavy atom. The van der Waals surface area contributed by atoms with Gasteiger partial charge in [-0.25, -0.2) is 9.97 Å². The molecule has 1 aliphatic rings. The Labute approximate surface area is 103 Å². The molecule has 1 unspecified atom stereocenters. The summed E-state index contributed by atoms with van der Waals surface area (Å²) >= 11 is 0. The van der Waals surface area contributed by atoms with Crippen LogP contribution in [0.15, 0.2) is 6.07 Å². The van der Waals surface area contributed by atoms with Gasteiger partial charge in [0.1, 0.15) is 6.10 Å². The highest BCUT2D eigenvalue weighted by molar-refractivity contribution is 5.11. The van der Waals surface area contributed by atoms with Crippen LogP contribution in [0, 0.1) is 6.92 Å². The fourth-order valence-corrected chi connectivity index (χ4v) is 1.98. The van der Waals surface area contributed by atoms with Crippen LogP contribution in [0.5, 0.6) is 0 Å². The van der Waals surface area contributed by atoms with Crippen LogP contribution in [-0.4, -0.2) is 22.6 Å². The number of nitrogens with zero attached hydrogens (tertiary/aromatic N) is 2. The standard InChI is InChI=1S/C13H21N3O/c1-9(2)14-8-11-7-10(3)15-13(16-11)12-5-4-6-17-12/h7,9,12,14H,4-6,8H2,1-3H3. The van der Waals surface area contributed by atoms with Gasteiger partial charge in [0.15, 0.2) is 5.82 Å². The molecule has 0 spiro atoms. The van der Waals surface area contributed by atoms with E-state index in [0.29, 0.717) is 6.04 Å². The molecule has 1 aliphatic heterocycles. The first-order valence-electron chi connectivity index (χ1n) is 6.34. The Morgan fingerprint density at radius 1 is 1.47 bits per heavy atom. The summed E-state index contributed by atoms with van der Waals surface area (Å²) in [6.45, 7) is 7.91. The van der Waals surface area contributed by atoms with Gasteiger partial charge in [-0.2, -0.15) is 0 Å². The van der Waals surface area contributed by atoms with E-state index in [1.54, 1.807) is 0 Å². The third kappa shape index (κ3) is 3.48. The summed E-state index contributed by atoms with van der Waals surface area (Å²) in [7, 11) is 0. The number of hydrogen-bond acceptors (Lipinski definition) is 4. The Hall–Kier alpha value is -1.00. The molecule has 2 rings (SSSR count). The largest absolute Gasteiger partial charge is 0.370 e. The average molecular weight is 235 g/mol. The fourth-order valence-electron chi connectivity index (χ4n) is 1.98. The molecule has 94 valence electrons. The van der Waals surface area contributed by atoms with E-state index in [0.717, 1.165) is 43.2 Å². The average Bonchev–Trinajstić information content (AvgIpc) is 2.79. The summed E-state index contributed by atoms with van der Waals surface area (Å²) < 4.78 is 5.63. The normalized spacial score (nSPS) is 20.1. The summed E-state index contributed by atoms with van der Waals surface area (Å²) in [4.78, 5) is 9.07. The molecule has 17 heavy (non-hydrogen) atoms. The molecule has 0 aromatic carbocycles. The molecule has 4 heteroatoms. The zero-order valence-electron chi connectivity index (χ0n) is 10.9. The summed E-state index contributed by atoms with van der Waals surface area (Å²) in [6.07, 6.45) is 2.26. The maximum atomic E-state index is 5.63. The molecule has 0 amide bonds. The molecular formula is C13H21N3O. The lowest BCUT2D eigenvalue weighted by Gasteiger charge is -2.12. The third-order valence-corrected chi connectivity index (χ3v) is 2.83. The first kappa shape index (κ1) is 12.5. The number of aryl methyl sites for hydroxylation is 1. The van der Waals surface area contributed by atoms with Crippen LogP contribution in [0.3, 0.4) is 0 Å². The fraction of sp³-hybridized carbons (Fsp3) is 0.692. The van der Waals surface area contributed by atoms with Crippen LogP contribution in [0.4, 0.5) is 0 Å². The van der Waals surface area contributed by atoms with Gasteiger partial charge in [0, 0.05) is 24.9 Å². The molecule has 4 nitrogen and oxygen atoms in total. The van der Waals surface area contributed by atoms with Gasteiger partial charge in [-0.1, -0.05) is 13.8 Å². The van der Waals surface area contributed by atoms with Gasteiger partial charge in [0.2, 0.25) is 0 Å². The molecule has 1 fully saturated rings. The van der Waals surface area contributed by atoms with Gasteiger partial charge in [-0.05, 0) is 25.8 Å². The molecule has 1 aromatic rings. The van der Waals surface area contributed by atoms with E-state index in [1.165, 1.54) is 0 Å². The highest BCUT2D eigenvalue weighted by Crippen LogP contribution is 2.26. The number of rotatable bonds is 4. The molecule has 0 saturated carbocycles. The van der Waals surface area contributed by atoms with Gasteiger partial charge in [-0.15, -0.1) is 0 Å². The van der Waals surface area contributed by atoms with Crippen molar-refractivity contribution in [3.8, 4) is 0 Å². The number of ether oxygens (including phenoxy) is 1. The first-order valence-corrected chi connectivity index (χ1v) is 6.34. The van der Waals surface area contributed by atoms with E-state index < -0.39 is 0 Å². The molecule has 0 radical (unpaired) electrons. The van der Waals surface area contributed by atoms with E-state index in [4.69, 9.17) is 4.74 Å². The second-order valence-corrected chi connectivity index (χ2v) is 4.90. The molecule has 1 aromatic heterocycles. The van der Waals surface area contributed by atoms with Gasteiger partial charge in [0.05, 0.1) is 5.69 Å². The van der Waals surface area contributed by atoms with E-state index in [-0.39, 0.29) is 6.10 Å². The van der Waals surface area contributed by atoms with Crippen molar-refractivity contribution in [1.82, 2.24) is 15.3 Å². The summed E-state index contributed by atoms with van der Waals surface area (Å²) in [5, 5.41) is 3.38. The summed E-state index contributed by atoms with van der Waals surface area (Å²) in [5.41, 5.74) is 2.07. The second kappa shape index (κ2) is 5.56. The predicted molar refractivity (Wildman–Crippen MR) is 66.7 cm³/mol. The van der Waals surface area contributed by atoms with Crippen molar-refractivity contribution in [3.05, 3.63) is 23.3 Å². The monoisotopic (exact) mass is 235 g/mol. The Balaban J connectivity index is 2.11. The maximum absolute atomic E-state index is 5.63. The van der Waals surface area contributed by atoms with Crippen LogP contribution in [0.2, 0.25) is 0 Å². The lowest BCUT2D eigenvalue weighted by molar-refractivity contribution is 0.104. The van der Waals surface area contributed by atoms with Gasteiger partial charge in [0.25, 0.3) is 0 Å². The highest BCUT2D eigenvalue weighted by Gasteiger charge is 2.21. The Kier molecular flexibility index (Phi) is 4.07. The van der Waals surface area contributed by atoms with Crippen molar-refractivity contribution in [1.29, 1.82) is 0 Å². The minimum atomic E-state index is 0.104. The third-order valence-electron chi connectivity index (χ3n) is 2.83. The van der Waals surface area contributed by atoms with Crippen LogP contribution in [0.1, 0.15) is 50.0 Å². The first-order chi connectivity index (χ1) is 8.15. The van der Waals surface area contributed by atoms with E-state index in [9.17, 15) is 0 Å². The van der Waals surface area contributed by atoms with Gasteiger partial charge >= 0.3 is 0 Å². The number of hydrogen-bond donors (Lipinski definition) is 1. The predicted octanol–water partition coefficient (Wildman–Crippen LogP) is 2.13. The van der Waals surface area contributed by atoms with E-state index >= 15 is 0 Å². The molecule has 1 saturated heterocycles. The SMILES string of the molecule is Cc1cc(CNC(C)C)nc(C2CCCO2)n1. The van der Waals surface area contributed by atoms with Crippen LogP contribution >= 0.6 is 0 Å². The van der Waals surface area contributed by atoms with Crippen LogP contribution in [0.25, 0.3) is 0 Å². The van der Waals surface area contributed by atoms with E-state index in [2.05, 4.69) is 29.1 Å². The van der Waals surface area contributed by atoms with Crippen molar-refractivity contribution < 1.29 is 4.74 Å². The van der Waals surface area contributed by atoms with Crippen molar-refractivity contribution in [2.45, 2.75) is 52.3 Å². The van der Waals surface area contributed by atoms with Crippen molar-refractivity contribution in [2.75, 3.05) is 6.61 Å². The van der Waals surface area contributed by atoms with E-state index in [1.807, 2.05) is 13.0 Å². The van der Waals surface area contributed by atoms with Crippen LogP contribution < -0.4 is 5.32 Å². The van der Waals surface area contributed by atoms with Crippen molar-refractivity contribution >= 4 is 0 Å². The van der Waals surface area contributed by atoms with Crippen molar-refractivity contribution in [2.24, 2.45) is 0 Å². The second-order valence-electron chi connectivity index (χ2n) is 4.90. The summed E-state index contributed by atoms with van der Waals surface area (Å²) in [6, 6.07) is 2.50. The molecule has 0 aliphatic carbocycles. The molecular weight excluding hydrogens is 214 g/mol. The molecule has 1 N–H and O–H groups in total. The lowest BCUT2D eigenvalue weighted by atomic mass is 10.2. The molecule has 1 atom stereocenters. The Morgan fingerprint density at radius 2 is 2.29 bits per heavy atom. The van der Waals surface area contributed by atoms with Crippen molar-refractivity contribution in [3.63, 3.8) is 0 Å². The zero-order valence-corrected chi connectivity index (χ0v) is 10.9. The van der Waals surface area contributed by atoms with Crippen LogP contribution in [-0.2, 0) is 11.3 Å². The smallest absolute Gasteiger partial charge is 0.157 e. The Bertz CT molecular complexity index is 373. The minimum absolute atomic E-state index is 0.104. The van der Waals surface area contributed by atoms with Gasteiger partial charge in [-0.3, -0.25) is 0 Å². The summed E-state index contributed by atoms with van der Waals surface area (Å²) in [5.74, 6) is 0.850. The number of aromatic nitrogens is 2. The minimum Gasteiger partial charge on any atom is -0.370 e. The van der Waals surface area contributed by atoms with Gasteiger partial charge < -0.3 is 10.1 Å². The lowest BCUT2D eigenvalue weighted by Crippen LogP contribution is -2.23. The zero-order chi connectivity index (χ0) is 12.3.